The first-order valence-electron chi connectivity index (χ1n) is 4.42. The maximum Gasteiger partial charge on any atom is 0.391 e. The number of rotatable bonds is 3. The summed E-state index contributed by atoms with van der Waals surface area (Å²) in [4.78, 5) is 0. The van der Waals surface area contributed by atoms with Crippen LogP contribution in [0.2, 0.25) is 0 Å². The largest absolute Gasteiger partial charge is 0.496 e. The molecule has 0 saturated heterocycles. The van der Waals surface area contributed by atoms with Gasteiger partial charge in [0.1, 0.15) is 11.6 Å². The van der Waals surface area contributed by atoms with Gasteiger partial charge in [0.25, 0.3) is 0 Å². The van der Waals surface area contributed by atoms with Crippen LogP contribution >= 0.6 is 0 Å². The molecule has 0 saturated carbocycles. The molecule has 0 aliphatic rings. The molecule has 0 aliphatic heterocycles. The molecule has 0 radical (unpaired) electrons. The molecule has 0 heterocycles. The number of aliphatic hydroxyl groups excluding tert-OH is 1. The third-order valence-corrected chi connectivity index (χ3v) is 1.98. The smallest absolute Gasteiger partial charge is 0.391 e. The summed E-state index contributed by atoms with van der Waals surface area (Å²) in [7, 11) is 1.23. The highest BCUT2D eigenvalue weighted by Crippen LogP contribution is 2.34. The summed E-state index contributed by atoms with van der Waals surface area (Å²) in [5, 5.41) is 9.33. The predicted molar refractivity (Wildman–Crippen MR) is 48.6 cm³/mol. The van der Waals surface area contributed by atoms with Gasteiger partial charge in [-0.05, 0) is 18.2 Å². The van der Waals surface area contributed by atoms with Gasteiger partial charge in [-0.2, -0.15) is 13.2 Å². The Morgan fingerprint density at radius 3 is 2.50 bits per heavy atom. The van der Waals surface area contributed by atoms with E-state index in [0.29, 0.717) is 0 Å². The van der Waals surface area contributed by atoms with E-state index in [2.05, 4.69) is 0 Å². The molecule has 1 unspecified atom stereocenters. The van der Waals surface area contributed by atoms with Gasteiger partial charge in [-0.15, -0.1) is 0 Å². The van der Waals surface area contributed by atoms with Crippen LogP contribution in [0, 0.1) is 5.82 Å². The van der Waals surface area contributed by atoms with Crippen molar-refractivity contribution >= 4 is 0 Å². The number of aliphatic hydroxyl groups is 1. The molecule has 90 valence electrons. The van der Waals surface area contributed by atoms with Crippen LogP contribution in [0.3, 0.4) is 0 Å². The predicted octanol–water partition coefficient (Wildman–Crippen LogP) is 2.82. The Morgan fingerprint density at radius 2 is 2.00 bits per heavy atom. The number of hydrogen-bond acceptors (Lipinski definition) is 2. The summed E-state index contributed by atoms with van der Waals surface area (Å²) >= 11 is 0. The van der Waals surface area contributed by atoms with Crippen molar-refractivity contribution in [2.24, 2.45) is 0 Å². The number of ether oxygens (including phenoxy) is 1. The van der Waals surface area contributed by atoms with E-state index in [0.717, 1.165) is 12.1 Å². The molecular weight excluding hydrogens is 228 g/mol. The first-order valence-corrected chi connectivity index (χ1v) is 4.42. The fourth-order valence-corrected chi connectivity index (χ4v) is 1.29. The van der Waals surface area contributed by atoms with E-state index in [1.54, 1.807) is 0 Å². The SMILES string of the molecule is COc1ccc(F)cc1C(O)CC(F)(F)F. The van der Waals surface area contributed by atoms with Crippen LogP contribution in [0.1, 0.15) is 18.1 Å². The minimum atomic E-state index is -4.52. The third kappa shape index (κ3) is 3.37. The summed E-state index contributed by atoms with van der Waals surface area (Å²) in [6, 6.07) is 3.04. The van der Waals surface area contributed by atoms with Crippen molar-refractivity contribution in [3.05, 3.63) is 29.6 Å². The van der Waals surface area contributed by atoms with Crippen molar-refractivity contribution in [2.45, 2.75) is 18.7 Å². The molecule has 6 heteroatoms. The van der Waals surface area contributed by atoms with E-state index in [-0.39, 0.29) is 11.3 Å². The molecular formula is C10H10F4O2. The highest BCUT2D eigenvalue weighted by atomic mass is 19.4. The zero-order valence-electron chi connectivity index (χ0n) is 8.38. The highest BCUT2D eigenvalue weighted by Gasteiger charge is 2.32. The zero-order valence-corrected chi connectivity index (χ0v) is 8.38. The van der Waals surface area contributed by atoms with E-state index < -0.39 is 24.5 Å². The van der Waals surface area contributed by atoms with Gasteiger partial charge in [-0.1, -0.05) is 0 Å². The fraction of sp³-hybridized carbons (Fsp3) is 0.400. The van der Waals surface area contributed by atoms with Crippen LogP contribution < -0.4 is 4.74 Å². The molecule has 0 fully saturated rings. The Morgan fingerprint density at radius 1 is 1.38 bits per heavy atom. The summed E-state index contributed by atoms with van der Waals surface area (Å²) in [5.41, 5.74) is -0.208. The molecule has 0 aliphatic carbocycles. The zero-order chi connectivity index (χ0) is 12.3. The number of benzene rings is 1. The minimum absolute atomic E-state index is 0.0261. The molecule has 0 amide bonds. The van der Waals surface area contributed by atoms with Gasteiger partial charge in [-0.3, -0.25) is 0 Å². The first kappa shape index (κ1) is 12.8. The maximum absolute atomic E-state index is 12.8. The average Bonchev–Trinajstić information content (AvgIpc) is 2.15. The Labute approximate surface area is 89.5 Å². The van der Waals surface area contributed by atoms with Gasteiger partial charge in [0.15, 0.2) is 0 Å². The second-order valence-electron chi connectivity index (χ2n) is 3.22. The summed E-state index contributed by atoms with van der Waals surface area (Å²) in [6.45, 7) is 0. The number of halogens is 4. The lowest BCUT2D eigenvalue weighted by Crippen LogP contribution is -2.14. The molecule has 16 heavy (non-hydrogen) atoms. The van der Waals surface area contributed by atoms with Crippen molar-refractivity contribution in [1.29, 1.82) is 0 Å². The van der Waals surface area contributed by atoms with Gasteiger partial charge >= 0.3 is 6.18 Å². The molecule has 1 rings (SSSR count). The molecule has 1 N–H and O–H groups in total. The summed E-state index contributed by atoms with van der Waals surface area (Å²) in [6.07, 6.45) is -7.78. The van der Waals surface area contributed by atoms with Crippen LogP contribution in [0.15, 0.2) is 18.2 Å². The van der Waals surface area contributed by atoms with E-state index in [1.807, 2.05) is 0 Å². The summed E-state index contributed by atoms with van der Waals surface area (Å²) < 4.78 is 53.7. The van der Waals surface area contributed by atoms with Gasteiger partial charge in [0, 0.05) is 5.56 Å². The minimum Gasteiger partial charge on any atom is -0.496 e. The lowest BCUT2D eigenvalue weighted by Gasteiger charge is -2.16. The Bertz CT molecular complexity index is 362. The van der Waals surface area contributed by atoms with E-state index in [4.69, 9.17) is 4.74 Å². The number of alkyl halides is 3. The van der Waals surface area contributed by atoms with Gasteiger partial charge in [0.2, 0.25) is 0 Å². The average molecular weight is 238 g/mol. The monoisotopic (exact) mass is 238 g/mol. The Kier molecular flexibility index (Phi) is 3.74. The van der Waals surface area contributed by atoms with Crippen LogP contribution in [0.4, 0.5) is 17.6 Å². The van der Waals surface area contributed by atoms with Gasteiger partial charge < -0.3 is 9.84 Å². The van der Waals surface area contributed by atoms with Crippen LogP contribution in [-0.4, -0.2) is 18.4 Å². The molecule has 0 spiro atoms. The Balaban J connectivity index is 2.97. The molecule has 1 atom stereocenters. The molecule has 1 aromatic rings. The molecule has 0 aromatic heterocycles. The van der Waals surface area contributed by atoms with Crippen molar-refractivity contribution < 1.29 is 27.4 Å². The quantitative estimate of drug-likeness (QED) is 0.820. The van der Waals surface area contributed by atoms with E-state index in [9.17, 15) is 22.7 Å². The lowest BCUT2D eigenvalue weighted by atomic mass is 10.1. The number of hydrogen-bond donors (Lipinski definition) is 1. The highest BCUT2D eigenvalue weighted by molar-refractivity contribution is 5.35. The first-order chi connectivity index (χ1) is 7.33. The van der Waals surface area contributed by atoms with E-state index in [1.165, 1.54) is 13.2 Å². The Hall–Kier alpha value is -1.30. The fourth-order valence-electron chi connectivity index (χ4n) is 1.29. The third-order valence-electron chi connectivity index (χ3n) is 1.98. The summed E-state index contributed by atoms with van der Waals surface area (Å²) in [5.74, 6) is -0.699. The second kappa shape index (κ2) is 4.69. The van der Waals surface area contributed by atoms with Gasteiger partial charge in [-0.25, -0.2) is 4.39 Å². The molecule has 2 nitrogen and oxygen atoms in total. The van der Waals surface area contributed by atoms with Crippen LogP contribution in [0.5, 0.6) is 5.75 Å². The number of methoxy groups -OCH3 is 1. The van der Waals surface area contributed by atoms with Crippen molar-refractivity contribution in [3.8, 4) is 5.75 Å². The van der Waals surface area contributed by atoms with Crippen molar-refractivity contribution in [1.82, 2.24) is 0 Å². The van der Waals surface area contributed by atoms with E-state index >= 15 is 0 Å². The second-order valence-corrected chi connectivity index (χ2v) is 3.22. The normalized spacial score (nSPS) is 13.6. The van der Waals surface area contributed by atoms with Gasteiger partial charge in [0.05, 0.1) is 19.6 Å². The van der Waals surface area contributed by atoms with Crippen molar-refractivity contribution in [3.63, 3.8) is 0 Å². The molecule has 0 bridgehead atoms. The lowest BCUT2D eigenvalue weighted by molar-refractivity contribution is -0.154. The van der Waals surface area contributed by atoms with Crippen LogP contribution in [-0.2, 0) is 0 Å². The van der Waals surface area contributed by atoms with Crippen LogP contribution in [0.25, 0.3) is 0 Å². The topological polar surface area (TPSA) is 29.5 Å². The van der Waals surface area contributed by atoms with Crippen molar-refractivity contribution in [2.75, 3.05) is 7.11 Å². The molecule has 1 aromatic carbocycles. The standard InChI is InChI=1S/C10H10F4O2/c1-16-9-3-2-6(11)4-7(9)8(15)5-10(12,13)14/h2-4,8,15H,5H2,1H3. The maximum atomic E-state index is 12.8.